The van der Waals surface area contributed by atoms with Crippen LogP contribution >= 0.6 is 34.8 Å². The summed E-state index contributed by atoms with van der Waals surface area (Å²) in [6.45, 7) is 4.16. The lowest BCUT2D eigenvalue weighted by atomic mass is 9.91. The quantitative estimate of drug-likeness (QED) is 0.140. The standard InChI is InChI=1S/C20H35Cl3O2/c1-3-5-14-17(4-2)19(25)20(22,23)16-13-11-9-7-6-8-10-12-15-18(21)24/h17H,3-16H2,1-2H3. The van der Waals surface area contributed by atoms with Gasteiger partial charge in [-0.1, -0.05) is 88.4 Å². The number of carbonyl (C=O) groups is 2. The Balaban J connectivity index is 3.80. The summed E-state index contributed by atoms with van der Waals surface area (Å²) in [7, 11) is 0. The minimum absolute atomic E-state index is 0.00480. The van der Waals surface area contributed by atoms with E-state index in [1.807, 2.05) is 6.92 Å². The summed E-state index contributed by atoms with van der Waals surface area (Å²) in [5.41, 5.74) is 0. The summed E-state index contributed by atoms with van der Waals surface area (Å²) in [5, 5.41) is -0.236. The zero-order valence-electron chi connectivity index (χ0n) is 15.9. The van der Waals surface area contributed by atoms with Crippen LogP contribution in [0.25, 0.3) is 0 Å². The Morgan fingerprint density at radius 1 is 0.840 bits per heavy atom. The van der Waals surface area contributed by atoms with E-state index < -0.39 is 4.33 Å². The maximum absolute atomic E-state index is 12.5. The van der Waals surface area contributed by atoms with Crippen molar-refractivity contribution in [1.29, 1.82) is 0 Å². The summed E-state index contributed by atoms with van der Waals surface area (Å²) < 4.78 is -1.22. The molecule has 0 heterocycles. The molecule has 0 aromatic carbocycles. The molecule has 0 saturated carbocycles. The van der Waals surface area contributed by atoms with Gasteiger partial charge in [0, 0.05) is 12.3 Å². The third-order valence-corrected chi connectivity index (χ3v) is 5.68. The van der Waals surface area contributed by atoms with Crippen LogP contribution in [0.5, 0.6) is 0 Å². The van der Waals surface area contributed by atoms with E-state index in [-0.39, 0.29) is 16.9 Å². The molecule has 148 valence electrons. The Morgan fingerprint density at radius 2 is 1.36 bits per heavy atom. The van der Waals surface area contributed by atoms with Gasteiger partial charge in [0.05, 0.1) is 0 Å². The third kappa shape index (κ3) is 13.1. The van der Waals surface area contributed by atoms with Crippen LogP contribution in [0.3, 0.4) is 0 Å². The minimum Gasteiger partial charge on any atom is -0.296 e. The van der Waals surface area contributed by atoms with E-state index in [0.29, 0.717) is 12.8 Å². The van der Waals surface area contributed by atoms with Gasteiger partial charge in [0.1, 0.15) is 0 Å². The highest BCUT2D eigenvalue weighted by atomic mass is 35.5. The van der Waals surface area contributed by atoms with Gasteiger partial charge < -0.3 is 0 Å². The molecule has 0 saturated heterocycles. The van der Waals surface area contributed by atoms with E-state index in [1.165, 1.54) is 12.8 Å². The smallest absolute Gasteiger partial charge is 0.221 e. The molecule has 0 rings (SSSR count). The summed E-state index contributed by atoms with van der Waals surface area (Å²) in [6.07, 6.45) is 13.4. The van der Waals surface area contributed by atoms with Crippen molar-refractivity contribution in [2.45, 2.75) is 108 Å². The summed E-state index contributed by atoms with van der Waals surface area (Å²) >= 11 is 18.0. The molecule has 0 aliphatic heterocycles. The molecule has 0 aliphatic carbocycles. The third-order valence-electron chi connectivity index (χ3n) is 4.74. The normalized spacial score (nSPS) is 13.0. The molecule has 0 spiro atoms. The fourth-order valence-corrected chi connectivity index (χ4v) is 3.77. The van der Waals surface area contributed by atoms with Gasteiger partial charge in [-0.05, 0) is 43.7 Å². The molecule has 0 bridgehead atoms. The first-order chi connectivity index (χ1) is 11.8. The maximum atomic E-state index is 12.5. The van der Waals surface area contributed by atoms with Gasteiger partial charge in [-0.3, -0.25) is 9.59 Å². The summed E-state index contributed by atoms with van der Waals surface area (Å²) in [4.78, 5) is 23.1. The molecule has 1 atom stereocenters. The lowest BCUT2D eigenvalue weighted by Crippen LogP contribution is -2.32. The first-order valence-electron chi connectivity index (χ1n) is 9.95. The fraction of sp³-hybridized carbons (Fsp3) is 0.900. The molecular weight excluding hydrogens is 379 g/mol. The predicted molar refractivity (Wildman–Crippen MR) is 110 cm³/mol. The molecule has 0 aromatic rings. The number of carbonyl (C=O) groups excluding carboxylic acids is 2. The molecule has 5 heteroatoms. The second kappa shape index (κ2) is 15.3. The Hall–Kier alpha value is 0.210. The van der Waals surface area contributed by atoms with Crippen LogP contribution in [0.1, 0.15) is 104 Å². The highest BCUT2D eigenvalue weighted by Crippen LogP contribution is 2.34. The number of halogens is 3. The van der Waals surface area contributed by atoms with Crippen LogP contribution in [-0.2, 0) is 9.59 Å². The van der Waals surface area contributed by atoms with Crippen molar-refractivity contribution in [3.8, 4) is 0 Å². The SMILES string of the molecule is CCCCC(CC)C(=O)C(Cl)(Cl)CCCCCCCCCCC(=O)Cl. The molecule has 25 heavy (non-hydrogen) atoms. The Kier molecular flexibility index (Phi) is 15.4. The number of ketones is 1. The van der Waals surface area contributed by atoms with Crippen LogP contribution in [-0.4, -0.2) is 15.4 Å². The van der Waals surface area contributed by atoms with Crippen LogP contribution in [0.15, 0.2) is 0 Å². The van der Waals surface area contributed by atoms with E-state index in [2.05, 4.69) is 6.92 Å². The van der Waals surface area contributed by atoms with Crippen molar-refractivity contribution >= 4 is 45.8 Å². The first kappa shape index (κ1) is 25.2. The molecule has 0 amide bonds. The monoisotopic (exact) mass is 412 g/mol. The number of unbranched alkanes of at least 4 members (excludes halogenated alkanes) is 8. The van der Waals surface area contributed by atoms with Crippen LogP contribution in [0.4, 0.5) is 0 Å². The molecule has 1 unspecified atom stereocenters. The van der Waals surface area contributed by atoms with E-state index in [0.717, 1.165) is 64.2 Å². The van der Waals surface area contributed by atoms with E-state index in [9.17, 15) is 9.59 Å². The van der Waals surface area contributed by atoms with Gasteiger partial charge in [-0.25, -0.2) is 0 Å². The van der Waals surface area contributed by atoms with Crippen molar-refractivity contribution in [3.05, 3.63) is 0 Å². The van der Waals surface area contributed by atoms with Crippen molar-refractivity contribution in [1.82, 2.24) is 0 Å². The van der Waals surface area contributed by atoms with Gasteiger partial charge in [-0.15, -0.1) is 0 Å². The lowest BCUT2D eigenvalue weighted by Gasteiger charge is -2.23. The average molecular weight is 414 g/mol. The van der Waals surface area contributed by atoms with Gasteiger partial charge in [0.25, 0.3) is 0 Å². The number of hydrogen-bond acceptors (Lipinski definition) is 2. The van der Waals surface area contributed by atoms with Gasteiger partial charge >= 0.3 is 0 Å². The Bertz CT molecular complexity index is 370. The highest BCUT2D eigenvalue weighted by molar-refractivity contribution is 6.63. The van der Waals surface area contributed by atoms with Crippen molar-refractivity contribution in [2.24, 2.45) is 5.92 Å². The largest absolute Gasteiger partial charge is 0.296 e. The van der Waals surface area contributed by atoms with Crippen molar-refractivity contribution in [2.75, 3.05) is 0 Å². The second-order valence-electron chi connectivity index (χ2n) is 7.00. The lowest BCUT2D eigenvalue weighted by molar-refractivity contribution is -0.124. The fourth-order valence-electron chi connectivity index (χ4n) is 3.06. The number of hydrogen-bond donors (Lipinski definition) is 0. The van der Waals surface area contributed by atoms with Crippen molar-refractivity contribution < 1.29 is 9.59 Å². The Labute approximate surface area is 169 Å². The van der Waals surface area contributed by atoms with Gasteiger partial charge in [0.15, 0.2) is 10.1 Å². The molecule has 0 aliphatic rings. The highest BCUT2D eigenvalue weighted by Gasteiger charge is 2.36. The zero-order chi connectivity index (χ0) is 19.1. The van der Waals surface area contributed by atoms with Gasteiger partial charge in [0.2, 0.25) is 5.24 Å². The first-order valence-corrected chi connectivity index (χ1v) is 11.1. The summed E-state index contributed by atoms with van der Waals surface area (Å²) in [5.74, 6) is 0.00967. The average Bonchev–Trinajstić information content (AvgIpc) is 2.56. The number of rotatable bonds is 17. The number of alkyl halides is 2. The van der Waals surface area contributed by atoms with Crippen LogP contribution < -0.4 is 0 Å². The second-order valence-corrected chi connectivity index (χ2v) is 8.91. The summed E-state index contributed by atoms with van der Waals surface area (Å²) in [6, 6.07) is 0. The van der Waals surface area contributed by atoms with Crippen LogP contribution in [0, 0.1) is 5.92 Å². The van der Waals surface area contributed by atoms with E-state index >= 15 is 0 Å². The van der Waals surface area contributed by atoms with E-state index in [1.54, 1.807) is 0 Å². The topological polar surface area (TPSA) is 34.1 Å². The predicted octanol–water partition coefficient (Wildman–Crippen LogP) is 7.61. The molecule has 0 aromatic heterocycles. The minimum atomic E-state index is -1.22. The van der Waals surface area contributed by atoms with Crippen LogP contribution in [0.2, 0.25) is 0 Å². The zero-order valence-corrected chi connectivity index (χ0v) is 18.2. The molecule has 0 radical (unpaired) electrons. The molecule has 0 fully saturated rings. The molecular formula is C20H35Cl3O2. The maximum Gasteiger partial charge on any atom is 0.221 e. The van der Waals surface area contributed by atoms with E-state index in [4.69, 9.17) is 34.8 Å². The number of Topliss-reactive ketones (excluding diaryl/α,β-unsaturated/α-hetero) is 1. The Morgan fingerprint density at radius 3 is 1.84 bits per heavy atom. The van der Waals surface area contributed by atoms with Gasteiger partial charge in [-0.2, -0.15) is 0 Å². The van der Waals surface area contributed by atoms with Crippen molar-refractivity contribution in [3.63, 3.8) is 0 Å². The molecule has 2 nitrogen and oxygen atoms in total. The molecule has 0 N–H and O–H groups in total.